The monoisotopic (exact) mass is 320 g/mol. The van der Waals surface area contributed by atoms with Crippen molar-refractivity contribution in [2.45, 2.75) is 0 Å². The maximum atomic E-state index is 12.9. The van der Waals surface area contributed by atoms with Gasteiger partial charge < -0.3 is 10.0 Å². The molecule has 2 aromatic heterocycles. The first-order valence-corrected chi connectivity index (χ1v) is 7.73. The molecule has 6 heteroatoms. The summed E-state index contributed by atoms with van der Waals surface area (Å²) in [6, 6.07) is 15.0. The molecule has 0 radical (unpaired) electrons. The summed E-state index contributed by atoms with van der Waals surface area (Å²) in [7, 11) is 1.84. The molecule has 2 aromatic carbocycles. The predicted octanol–water partition coefficient (Wildman–Crippen LogP) is 1.82. The Morgan fingerprint density at radius 3 is 2.46 bits per heavy atom. The third kappa shape index (κ3) is 2.11. The van der Waals surface area contributed by atoms with Crippen molar-refractivity contribution in [3.05, 3.63) is 58.9 Å². The molecule has 0 fully saturated rings. The van der Waals surface area contributed by atoms with Gasteiger partial charge in [-0.1, -0.05) is 36.4 Å². The molecule has 1 N–H and O–H groups in total. The summed E-state index contributed by atoms with van der Waals surface area (Å²) in [5.41, 5.74) is 1.00. The van der Waals surface area contributed by atoms with E-state index in [0.717, 1.165) is 10.8 Å². The maximum Gasteiger partial charge on any atom is 0.282 e. The van der Waals surface area contributed by atoms with Crippen LogP contribution >= 0.6 is 0 Å². The van der Waals surface area contributed by atoms with Gasteiger partial charge in [0.15, 0.2) is 11.5 Å². The number of para-hydroxylation sites is 1. The van der Waals surface area contributed by atoms with Crippen LogP contribution in [-0.2, 0) is 0 Å². The fourth-order valence-electron chi connectivity index (χ4n) is 2.95. The Bertz CT molecular complexity index is 1120. The van der Waals surface area contributed by atoms with E-state index >= 15 is 0 Å². The van der Waals surface area contributed by atoms with Gasteiger partial charge in [0, 0.05) is 24.4 Å². The zero-order valence-electron chi connectivity index (χ0n) is 13.2. The molecule has 2 heterocycles. The molecule has 0 aliphatic carbocycles. The van der Waals surface area contributed by atoms with Crippen molar-refractivity contribution in [3.63, 3.8) is 0 Å². The number of hydrogen-bond donors (Lipinski definition) is 1. The van der Waals surface area contributed by atoms with E-state index in [9.17, 15) is 9.90 Å². The lowest BCUT2D eigenvalue weighted by molar-refractivity contribution is 0.304. The number of rotatable bonds is 3. The molecule has 0 spiro atoms. The first kappa shape index (κ1) is 14.6. The molecule has 0 aliphatic heterocycles. The second-order valence-electron chi connectivity index (χ2n) is 5.68. The van der Waals surface area contributed by atoms with Crippen LogP contribution in [0.5, 0.6) is 0 Å². The average Bonchev–Trinajstić information content (AvgIpc) is 2.62. The highest BCUT2D eigenvalue weighted by Gasteiger charge is 2.15. The lowest BCUT2D eigenvalue weighted by Gasteiger charge is -2.19. The van der Waals surface area contributed by atoms with Crippen molar-refractivity contribution in [1.29, 1.82) is 0 Å². The summed E-state index contributed by atoms with van der Waals surface area (Å²) in [6.07, 6.45) is 0. The third-order valence-corrected chi connectivity index (χ3v) is 4.15. The lowest BCUT2D eigenvalue weighted by atomic mass is 10.1. The second-order valence-corrected chi connectivity index (χ2v) is 5.68. The zero-order valence-corrected chi connectivity index (χ0v) is 13.2. The van der Waals surface area contributed by atoms with Gasteiger partial charge in [-0.05, 0) is 12.1 Å². The van der Waals surface area contributed by atoms with Gasteiger partial charge in [-0.3, -0.25) is 4.79 Å². The van der Waals surface area contributed by atoms with Crippen LogP contribution in [0.4, 0.5) is 5.82 Å². The highest BCUT2D eigenvalue weighted by atomic mass is 16.3. The van der Waals surface area contributed by atoms with Crippen LogP contribution < -0.4 is 10.5 Å². The minimum absolute atomic E-state index is 0.00934. The Morgan fingerprint density at radius 2 is 1.71 bits per heavy atom. The van der Waals surface area contributed by atoms with Gasteiger partial charge >= 0.3 is 0 Å². The molecule has 4 aromatic rings. The van der Waals surface area contributed by atoms with Crippen LogP contribution in [0, 0.1) is 0 Å². The van der Waals surface area contributed by atoms with Crippen LogP contribution in [0.15, 0.2) is 53.3 Å². The number of hydrogen-bond acceptors (Lipinski definition) is 5. The van der Waals surface area contributed by atoms with E-state index in [1.54, 1.807) is 6.07 Å². The summed E-state index contributed by atoms with van der Waals surface area (Å²) in [6.45, 7) is 0.438. The van der Waals surface area contributed by atoms with Crippen molar-refractivity contribution in [3.8, 4) is 0 Å². The SMILES string of the molecule is CN(CCO)c1nn2c(=O)c3ccccc3nc2c2ccccc12. The topological polar surface area (TPSA) is 70.7 Å². The molecule has 4 rings (SSSR count). The highest BCUT2D eigenvalue weighted by molar-refractivity contribution is 6.01. The summed E-state index contributed by atoms with van der Waals surface area (Å²) in [5, 5.41) is 16.0. The Kier molecular flexibility index (Phi) is 3.39. The number of anilines is 1. The summed E-state index contributed by atoms with van der Waals surface area (Å²) >= 11 is 0. The van der Waals surface area contributed by atoms with E-state index < -0.39 is 0 Å². The lowest BCUT2D eigenvalue weighted by Crippen LogP contribution is -2.26. The van der Waals surface area contributed by atoms with Crippen LogP contribution in [-0.4, -0.2) is 39.9 Å². The molecule has 0 saturated carbocycles. The van der Waals surface area contributed by atoms with Crippen LogP contribution in [0.25, 0.3) is 27.3 Å². The zero-order chi connectivity index (χ0) is 16.7. The number of aliphatic hydroxyl groups is 1. The smallest absolute Gasteiger partial charge is 0.282 e. The van der Waals surface area contributed by atoms with Crippen molar-refractivity contribution >= 4 is 33.1 Å². The number of benzene rings is 2. The average molecular weight is 320 g/mol. The predicted molar refractivity (Wildman–Crippen MR) is 94.6 cm³/mol. The fraction of sp³-hybridized carbons (Fsp3) is 0.167. The molecule has 0 saturated heterocycles. The van der Waals surface area contributed by atoms with Crippen molar-refractivity contribution in [2.75, 3.05) is 25.1 Å². The Balaban J connectivity index is 2.19. The van der Waals surface area contributed by atoms with Crippen molar-refractivity contribution in [2.24, 2.45) is 0 Å². The summed E-state index contributed by atoms with van der Waals surface area (Å²) < 4.78 is 1.36. The van der Waals surface area contributed by atoms with E-state index in [4.69, 9.17) is 0 Å². The number of aromatic nitrogens is 3. The van der Waals surface area contributed by atoms with E-state index in [0.29, 0.717) is 28.9 Å². The third-order valence-electron chi connectivity index (χ3n) is 4.15. The van der Waals surface area contributed by atoms with E-state index in [-0.39, 0.29) is 12.2 Å². The number of aliphatic hydroxyl groups excluding tert-OH is 1. The van der Waals surface area contributed by atoms with E-state index in [1.807, 2.05) is 54.4 Å². The van der Waals surface area contributed by atoms with Gasteiger partial charge in [-0.2, -0.15) is 4.52 Å². The second kappa shape index (κ2) is 5.58. The van der Waals surface area contributed by atoms with Gasteiger partial charge in [0.05, 0.1) is 17.5 Å². The minimum Gasteiger partial charge on any atom is -0.395 e. The highest BCUT2D eigenvalue weighted by Crippen LogP contribution is 2.26. The molecular formula is C18H16N4O2. The molecule has 0 amide bonds. The number of nitrogens with zero attached hydrogens (tertiary/aromatic N) is 4. The quantitative estimate of drug-likeness (QED) is 0.460. The van der Waals surface area contributed by atoms with Gasteiger partial charge in [0.25, 0.3) is 5.56 Å². The molecule has 0 bridgehead atoms. The van der Waals surface area contributed by atoms with Crippen LogP contribution in [0.3, 0.4) is 0 Å². The number of fused-ring (bicyclic) bond motifs is 4. The Hall–Kier alpha value is -2.99. The Morgan fingerprint density at radius 1 is 1.04 bits per heavy atom. The minimum atomic E-state index is -0.194. The standard InChI is InChI=1S/C18H16N4O2/c1-21(10-11-23)17-13-7-3-2-6-12(13)16-19-15-9-5-4-8-14(15)18(24)22(16)20-17/h2-9,23H,10-11H2,1H3. The van der Waals surface area contributed by atoms with E-state index in [2.05, 4.69) is 10.1 Å². The summed E-state index contributed by atoms with van der Waals surface area (Å²) in [5.74, 6) is 0.645. The molecule has 120 valence electrons. The maximum absolute atomic E-state index is 12.9. The van der Waals surface area contributed by atoms with E-state index in [1.165, 1.54) is 4.52 Å². The van der Waals surface area contributed by atoms with Gasteiger partial charge in [0.2, 0.25) is 0 Å². The van der Waals surface area contributed by atoms with Gasteiger partial charge in [-0.25, -0.2) is 4.98 Å². The molecule has 0 aliphatic rings. The van der Waals surface area contributed by atoms with Crippen molar-refractivity contribution < 1.29 is 5.11 Å². The molecule has 6 nitrogen and oxygen atoms in total. The van der Waals surface area contributed by atoms with Gasteiger partial charge in [0.1, 0.15) is 0 Å². The van der Waals surface area contributed by atoms with Crippen LogP contribution in [0.2, 0.25) is 0 Å². The number of likely N-dealkylation sites (N-methyl/N-ethyl adjacent to an activating group) is 1. The van der Waals surface area contributed by atoms with Crippen molar-refractivity contribution in [1.82, 2.24) is 14.6 Å². The normalized spacial score (nSPS) is 11.4. The first-order chi connectivity index (χ1) is 11.7. The molecule has 24 heavy (non-hydrogen) atoms. The molecular weight excluding hydrogens is 304 g/mol. The van der Waals surface area contributed by atoms with Crippen LogP contribution in [0.1, 0.15) is 0 Å². The summed E-state index contributed by atoms with van der Waals surface area (Å²) in [4.78, 5) is 19.3. The molecule has 0 unspecified atom stereocenters. The fourth-order valence-corrected chi connectivity index (χ4v) is 2.95. The largest absolute Gasteiger partial charge is 0.395 e. The van der Waals surface area contributed by atoms with Gasteiger partial charge in [-0.15, -0.1) is 5.10 Å². The first-order valence-electron chi connectivity index (χ1n) is 7.73. The Labute approximate surface area is 137 Å². The molecule has 0 atom stereocenters.